The summed E-state index contributed by atoms with van der Waals surface area (Å²) in [5, 5.41) is 3.94. The number of Topliss-reactive ketones (excluding diaryl/α,β-unsaturated/α-hetero) is 1. The molecule has 0 atom stereocenters. The van der Waals surface area contributed by atoms with Crippen molar-refractivity contribution in [2.75, 3.05) is 13.6 Å². The Hall–Kier alpha value is -1.23. The van der Waals surface area contributed by atoms with Crippen molar-refractivity contribution >= 4 is 5.78 Å². The van der Waals surface area contributed by atoms with Gasteiger partial charge >= 0.3 is 0 Å². The van der Waals surface area contributed by atoms with E-state index in [1.165, 1.54) is 0 Å². The molecule has 1 aromatic rings. The van der Waals surface area contributed by atoms with Crippen LogP contribution in [0.2, 0.25) is 0 Å². The summed E-state index contributed by atoms with van der Waals surface area (Å²) in [7, 11) is 1.90. The molecular weight excluding hydrogens is 242 g/mol. The number of aromatic nitrogens is 2. The molecule has 108 valence electrons. The minimum Gasteiger partial charge on any atom is -0.339 e. The molecule has 0 saturated heterocycles. The highest BCUT2D eigenvalue weighted by molar-refractivity contribution is 5.80. The highest BCUT2D eigenvalue weighted by Crippen LogP contribution is 2.07. The Morgan fingerprint density at radius 1 is 1.26 bits per heavy atom. The second kappa shape index (κ2) is 7.38. The topological polar surface area (TPSA) is 59.2 Å². The molecule has 0 spiro atoms. The van der Waals surface area contributed by atoms with Gasteiger partial charge in [0.2, 0.25) is 5.89 Å². The average Bonchev–Trinajstić information content (AvgIpc) is 2.62. The lowest BCUT2D eigenvalue weighted by Gasteiger charge is -2.13. The highest BCUT2D eigenvalue weighted by atomic mass is 16.5. The van der Waals surface area contributed by atoms with E-state index in [1.807, 2.05) is 11.9 Å². The van der Waals surface area contributed by atoms with E-state index in [1.54, 1.807) is 0 Å². The molecule has 0 radical (unpaired) electrons. The number of likely N-dealkylation sites (N-methyl/N-ethyl adjacent to an activating group) is 1. The van der Waals surface area contributed by atoms with Crippen molar-refractivity contribution in [1.82, 2.24) is 15.0 Å². The molecule has 1 heterocycles. The minimum atomic E-state index is 0.253. The van der Waals surface area contributed by atoms with Crippen molar-refractivity contribution in [3.8, 4) is 0 Å². The van der Waals surface area contributed by atoms with Gasteiger partial charge in [0, 0.05) is 12.8 Å². The molecule has 0 amide bonds. The smallest absolute Gasteiger partial charge is 0.226 e. The van der Waals surface area contributed by atoms with Gasteiger partial charge in [-0.2, -0.15) is 4.98 Å². The minimum absolute atomic E-state index is 0.253. The predicted octanol–water partition coefficient (Wildman–Crippen LogP) is 2.32. The zero-order chi connectivity index (χ0) is 14.4. The third kappa shape index (κ3) is 6.47. The number of hydrogen-bond acceptors (Lipinski definition) is 5. The van der Waals surface area contributed by atoms with E-state index in [9.17, 15) is 4.79 Å². The molecule has 1 aromatic heterocycles. The Morgan fingerprint density at radius 3 is 2.53 bits per heavy atom. The van der Waals surface area contributed by atoms with E-state index in [-0.39, 0.29) is 5.78 Å². The quantitative estimate of drug-likeness (QED) is 0.723. The lowest BCUT2D eigenvalue weighted by atomic mass is 10.1. The summed E-state index contributed by atoms with van der Waals surface area (Å²) in [6.07, 6.45) is 1.41. The molecule has 0 aliphatic heterocycles. The molecule has 5 nitrogen and oxygen atoms in total. The van der Waals surface area contributed by atoms with Gasteiger partial charge < -0.3 is 4.52 Å². The van der Waals surface area contributed by atoms with Crippen molar-refractivity contribution in [3.63, 3.8) is 0 Å². The zero-order valence-corrected chi connectivity index (χ0v) is 12.6. The molecule has 0 fully saturated rings. The fourth-order valence-corrected chi connectivity index (χ4v) is 1.90. The van der Waals surface area contributed by atoms with Crippen LogP contribution in [0.4, 0.5) is 0 Å². The molecule has 0 aromatic carbocycles. The molecular formula is C14H25N3O2. The van der Waals surface area contributed by atoms with E-state index in [0.717, 1.165) is 6.42 Å². The summed E-state index contributed by atoms with van der Waals surface area (Å²) in [6.45, 7) is 9.31. The van der Waals surface area contributed by atoms with Gasteiger partial charge in [0.1, 0.15) is 5.78 Å². The van der Waals surface area contributed by atoms with Crippen molar-refractivity contribution < 1.29 is 9.32 Å². The Kier molecular flexibility index (Phi) is 6.15. The predicted molar refractivity (Wildman–Crippen MR) is 73.6 cm³/mol. The SMILES string of the molecule is CC(C)CC(=O)CN(C)Cc1noc(CC(C)C)n1. The second-order valence-electron chi connectivity index (χ2n) is 6.01. The first-order chi connectivity index (χ1) is 8.86. The van der Waals surface area contributed by atoms with Crippen LogP contribution < -0.4 is 0 Å². The second-order valence-corrected chi connectivity index (χ2v) is 6.01. The molecule has 0 N–H and O–H groups in total. The monoisotopic (exact) mass is 267 g/mol. The van der Waals surface area contributed by atoms with Crippen LogP contribution in [0.3, 0.4) is 0 Å². The summed E-state index contributed by atoms with van der Waals surface area (Å²) in [5.74, 6) is 2.48. The number of carbonyl (C=O) groups excluding carboxylic acids is 1. The van der Waals surface area contributed by atoms with Crippen LogP contribution in [0, 0.1) is 11.8 Å². The molecule has 5 heteroatoms. The first-order valence-electron chi connectivity index (χ1n) is 6.88. The van der Waals surface area contributed by atoms with Gasteiger partial charge in [-0.15, -0.1) is 0 Å². The molecule has 0 saturated carbocycles. The van der Waals surface area contributed by atoms with Gasteiger partial charge in [0.05, 0.1) is 13.1 Å². The number of ketones is 1. The van der Waals surface area contributed by atoms with Gasteiger partial charge in [-0.05, 0) is 18.9 Å². The highest BCUT2D eigenvalue weighted by Gasteiger charge is 2.13. The largest absolute Gasteiger partial charge is 0.339 e. The molecule has 1 rings (SSSR count). The number of rotatable bonds is 8. The maximum atomic E-state index is 11.7. The number of carbonyl (C=O) groups is 1. The third-order valence-electron chi connectivity index (χ3n) is 2.59. The lowest BCUT2D eigenvalue weighted by Crippen LogP contribution is -2.26. The number of nitrogens with zero attached hydrogens (tertiary/aromatic N) is 3. The first kappa shape index (κ1) is 15.8. The summed E-state index contributed by atoms with van der Waals surface area (Å²) in [5.41, 5.74) is 0. The maximum Gasteiger partial charge on any atom is 0.226 e. The van der Waals surface area contributed by atoms with E-state index < -0.39 is 0 Å². The molecule has 0 aliphatic rings. The molecule has 0 unspecified atom stereocenters. The van der Waals surface area contributed by atoms with Crippen LogP contribution in [0.1, 0.15) is 45.8 Å². The zero-order valence-electron chi connectivity index (χ0n) is 12.6. The van der Waals surface area contributed by atoms with Crippen molar-refractivity contribution in [2.45, 2.75) is 47.1 Å². The summed E-state index contributed by atoms with van der Waals surface area (Å²) in [6, 6.07) is 0. The fourth-order valence-electron chi connectivity index (χ4n) is 1.90. The number of hydrogen-bond donors (Lipinski definition) is 0. The van der Waals surface area contributed by atoms with Crippen LogP contribution in [0.25, 0.3) is 0 Å². The van der Waals surface area contributed by atoms with Gasteiger partial charge in [0.15, 0.2) is 5.82 Å². The van der Waals surface area contributed by atoms with Gasteiger partial charge in [0.25, 0.3) is 0 Å². The summed E-state index contributed by atoms with van der Waals surface area (Å²) >= 11 is 0. The summed E-state index contributed by atoms with van der Waals surface area (Å²) < 4.78 is 5.17. The van der Waals surface area contributed by atoms with Crippen molar-refractivity contribution in [1.29, 1.82) is 0 Å². The van der Waals surface area contributed by atoms with Crippen molar-refractivity contribution in [3.05, 3.63) is 11.7 Å². The van der Waals surface area contributed by atoms with Gasteiger partial charge in [-0.25, -0.2) is 0 Å². The first-order valence-corrected chi connectivity index (χ1v) is 6.88. The van der Waals surface area contributed by atoms with Gasteiger partial charge in [-0.3, -0.25) is 9.69 Å². The van der Waals surface area contributed by atoms with E-state index in [0.29, 0.717) is 43.1 Å². The summed E-state index contributed by atoms with van der Waals surface area (Å²) in [4.78, 5) is 18.0. The van der Waals surface area contributed by atoms with Gasteiger partial charge in [-0.1, -0.05) is 32.9 Å². The van der Waals surface area contributed by atoms with E-state index >= 15 is 0 Å². The normalized spacial score (nSPS) is 11.8. The fraction of sp³-hybridized carbons (Fsp3) is 0.786. The van der Waals surface area contributed by atoms with Crippen LogP contribution >= 0.6 is 0 Å². The van der Waals surface area contributed by atoms with Crippen LogP contribution in [-0.2, 0) is 17.8 Å². The Labute approximate surface area is 115 Å². The average molecular weight is 267 g/mol. The molecule has 0 bridgehead atoms. The van der Waals surface area contributed by atoms with Crippen LogP contribution in [0.5, 0.6) is 0 Å². The Morgan fingerprint density at radius 2 is 1.95 bits per heavy atom. The van der Waals surface area contributed by atoms with E-state index in [2.05, 4.69) is 37.8 Å². The molecule has 19 heavy (non-hydrogen) atoms. The Balaban J connectivity index is 2.41. The molecule has 0 aliphatic carbocycles. The van der Waals surface area contributed by atoms with E-state index in [4.69, 9.17) is 4.52 Å². The van der Waals surface area contributed by atoms with Crippen molar-refractivity contribution in [2.24, 2.45) is 11.8 Å². The van der Waals surface area contributed by atoms with Crippen LogP contribution in [-0.4, -0.2) is 34.4 Å². The standard InChI is InChI=1S/C14H25N3O2/c1-10(2)6-12(18)8-17(5)9-13-15-14(19-16-13)7-11(3)4/h10-11H,6-9H2,1-5H3. The lowest BCUT2D eigenvalue weighted by molar-refractivity contribution is -0.120. The third-order valence-corrected chi connectivity index (χ3v) is 2.59. The Bertz CT molecular complexity index is 399. The maximum absolute atomic E-state index is 11.7. The van der Waals surface area contributed by atoms with Crippen LogP contribution in [0.15, 0.2) is 4.52 Å².